The second-order valence-corrected chi connectivity index (χ2v) is 6.56. The Hall–Kier alpha value is -1.91. The van der Waals surface area contributed by atoms with E-state index in [0.29, 0.717) is 12.6 Å². The Bertz CT molecular complexity index is 543. The average Bonchev–Trinajstić information content (AvgIpc) is 3.07. The Morgan fingerprint density at radius 3 is 2.83 bits per heavy atom. The van der Waals surface area contributed by atoms with Gasteiger partial charge < -0.3 is 19.9 Å². The summed E-state index contributed by atoms with van der Waals surface area (Å²) in [4.78, 5) is 16.4. The molecule has 126 valence electrons. The van der Waals surface area contributed by atoms with E-state index in [2.05, 4.69) is 23.2 Å². The Labute approximate surface area is 138 Å². The molecule has 1 N–H and O–H groups in total. The van der Waals surface area contributed by atoms with Crippen molar-refractivity contribution in [3.05, 3.63) is 24.3 Å². The lowest BCUT2D eigenvalue weighted by atomic mass is 10.2. The topological polar surface area (TPSA) is 44.8 Å². The Morgan fingerprint density at radius 1 is 1.35 bits per heavy atom. The van der Waals surface area contributed by atoms with Gasteiger partial charge in [-0.25, -0.2) is 4.79 Å². The lowest BCUT2D eigenvalue weighted by Crippen LogP contribution is -2.50. The van der Waals surface area contributed by atoms with Crippen molar-refractivity contribution in [2.24, 2.45) is 0 Å². The summed E-state index contributed by atoms with van der Waals surface area (Å²) in [5.74, 6) is 0.912. The number of amides is 2. The second-order valence-electron chi connectivity index (χ2n) is 6.56. The molecule has 1 heterocycles. The van der Waals surface area contributed by atoms with E-state index in [0.717, 1.165) is 37.4 Å². The summed E-state index contributed by atoms with van der Waals surface area (Å²) in [6, 6.07) is 8.49. The molecule has 0 unspecified atom stereocenters. The fraction of sp³-hybridized carbons (Fsp3) is 0.611. The minimum absolute atomic E-state index is 0.00387. The molecule has 0 saturated heterocycles. The van der Waals surface area contributed by atoms with E-state index < -0.39 is 0 Å². The summed E-state index contributed by atoms with van der Waals surface area (Å²) in [7, 11) is 1.85. The van der Waals surface area contributed by atoms with Crippen LogP contribution in [0.25, 0.3) is 0 Å². The molecule has 3 rings (SSSR count). The van der Waals surface area contributed by atoms with E-state index in [1.807, 2.05) is 25.2 Å². The molecule has 1 fully saturated rings. The third-order valence-electron chi connectivity index (χ3n) is 4.81. The van der Waals surface area contributed by atoms with E-state index in [1.54, 1.807) is 4.90 Å². The van der Waals surface area contributed by atoms with Crippen molar-refractivity contribution >= 4 is 11.7 Å². The van der Waals surface area contributed by atoms with Gasteiger partial charge >= 0.3 is 6.03 Å². The van der Waals surface area contributed by atoms with Gasteiger partial charge in [0.05, 0.1) is 18.8 Å². The van der Waals surface area contributed by atoms with Gasteiger partial charge in [0.1, 0.15) is 11.9 Å². The largest absolute Gasteiger partial charge is 0.485 e. The number of hydrogen-bond acceptors (Lipinski definition) is 3. The summed E-state index contributed by atoms with van der Waals surface area (Å²) in [5.41, 5.74) is 1.14. The number of ether oxygens (including phenoxy) is 1. The number of rotatable bonds is 4. The Morgan fingerprint density at radius 2 is 2.09 bits per heavy atom. The molecule has 1 aliphatic heterocycles. The fourth-order valence-corrected chi connectivity index (χ4v) is 3.52. The number of nitrogens with one attached hydrogen (secondary N) is 1. The van der Waals surface area contributed by atoms with Crippen LogP contribution in [0.15, 0.2) is 24.3 Å². The molecule has 1 aromatic carbocycles. The first kappa shape index (κ1) is 16.0. The predicted octanol–water partition coefficient (Wildman–Crippen LogP) is 2.86. The van der Waals surface area contributed by atoms with Gasteiger partial charge in [-0.3, -0.25) is 0 Å². The number of anilines is 1. The van der Waals surface area contributed by atoms with E-state index in [4.69, 9.17) is 4.74 Å². The highest BCUT2D eigenvalue weighted by Crippen LogP contribution is 2.32. The van der Waals surface area contributed by atoms with Gasteiger partial charge in [0.25, 0.3) is 0 Å². The molecule has 0 radical (unpaired) electrons. The molecule has 5 heteroatoms. The van der Waals surface area contributed by atoms with E-state index in [9.17, 15) is 4.79 Å². The Kier molecular flexibility index (Phi) is 4.94. The number of fused-ring (bicyclic) bond motifs is 1. The van der Waals surface area contributed by atoms with E-state index in [-0.39, 0.29) is 12.1 Å². The molecule has 2 aliphatic rings. The van der Waals surface area contributed by atoms with Crippen LogP contribution in [0.5, 0.6) is 5.75 Å². The van der Waals surface area contributed by atoms with Gasteiger partial charge in [-0.2, -0.15) is 0 Å². The van der Waals surface area contributed by atoms with Crippen LogP contribution in [0, 0.1) is 0 Å². The van der Waals surface area contributed by atoms with Crippen LogP contribution >= 0.6 is 0 Å². The van der Waals surface area contributed by atoms with Crippen molar-refractivity contribution in [2.45, 2.75) is 44.8 Å². The molecule has 0 spiro atoms. The number of likely N-dealkylation sites (N-methyl/N-ethyl adjacent to an activating group) is 2. The average molecular weight is 317 g/mol. The minimum Gasteiger partial charge on any atom is -0.485 e. The zero-order chi connectivity index (χ0) is 16.2. The summed E-state index contributed by atoms with van der Waals surface area (Å²) in [6.07, 6.45) is 4.67. The lowest BCUT2D eigenvalue weighted by molar-refractivity contribution is 0.143. The normalized spacial score (nSPS) is 20.8. The van der Waals surface area contributed by atoms with E-state index in [1.165, 1.54) is 12.8 Å². The van der Waals surface area contributed by atoms with E-state index >= 15 is 0 Å². The maximum Gasteiger partial charge on any atom is 0.317 e. The highest BCUT2D eigenvalue weighted by atomic mass is 16.5. The lowest BCUT2D eigenvalue weighted by Gasteiger charge is -2.37. The van der Waals surface area contributed by atoms with Crippen molar-refractivity contribution < 1.29 is 9.53 Å². The number of para-hydroxylation sites is 2. The molecular weight excluding hydrogens is 290 g/mol. The van der Waals surface area contributed by atoms with Crippen molar-refractivity contribution in [3.63, 3.8) is 0 Å². The maximum atomic E-state index is 12.3. The molecule has 23 heavy (non-hydrogen) atoms. The van der Waals surface area contributed by atoms with Gasteiger partial charge in [0.2, 0.25) is 0 Å². The highest BCUT2D eigenvalue weighted by Gasteiger charge is 2.27. The first-order valence-electron chi connectivity index (χ1n) is 8.69. The molecular formula is C18H27N3O2. The highest BCUT2D eigenvalue weighted by molar-refractivity contribution is 5.74. The van der Waals surface area contributed by atoms with Crippen molar-refractivity contribution in [1.29, 1.82) is 0 Å². The van der Waals surface area contributed by atoms with Crippen LogP contribution in [0.4, 0.5) is 10.5 Å². The van der Waals surface area contributed by atoms with Crippen LogP contribution < -0.4 is 15.0 Å². The minimum atomic E-state index is 0.00387. The molecule has 1 saturated carbocycles. The third-order valence-corrected chi connectivity index (χ3v) is 4.81. The first-order chi connectivity index (χ1) is 11.2. The summed E-state index contributed by atoms with van der Waals surface area (Å²) in [5, 5.41) is 3.13. The van der Waals surface area contributed by atoms with Gasteiger partial charge in [-0.05, 0) is 31.9 Å². The van der Waals surface area contributed by atoms with Gasteiger partial charge in [0, 0.05) is 19.6 Å². The van der Waals surface area contributed by atoms with Crippen LogP contribution in [0.3, 0.4) is 0 Å². The maximum absolute atomic E-state index is 12.3. The number of carbonyl (C=O) groups excluding carboxylic acids is 1. The van der Waals surface area contributed by atoms with Crippen molar-refractivity contribution in [1.82, 2.24) is 10.2 Å². The fourth-order valence-electron chi connectivity index (χ4n) is 3.52. The summed E-state index contributed by atoms with van der Waals surface area (Å²) < 4.78 is 6.09. The zero-order valence-corrected chi connectivity index (χ0v) is 14.1. The molecule has 0 aromatic heterocycles. The smallest absolute Gasteiger partial charge is 0.317 e. The SMILES string of the molecule is CCN1C[C@@H](CN(C)C(=O)NC2CCCC2)Oc2ccccc21. The quantitative estimate of drug-likeness (QED) is 0.929. The zero-order valence-electron chi connectivity index (χ0n) is 14.1. The van der Waals surface area contributed by atoms with Crippen molar-refractivity contribution in [3.8, 4) is 5.75 Å². The Balaban J connectivity index is 1.58. The third kappa shape index (κ3) is 3.71. The number of benzene rings is 1. The standard InChI is InChI=1S/C18H27N3O2/c1-3-21-13-15(23-17-11-7-6-10-16(17)21)12-20(2)18(22)19-14-8-4-5-9-14/h6-7,10-11,14-15H,3-5,8-9,12-13H2,1-2H3,(H,19,22)/t15-/m1/s1. The van der Waals surface area contributed by atoms with Crippen molar-refractivity contribution in [2.75, 3.05) is 31.6 Å². The van der Waals surface area contributed by atoms with Gasteiger partial charge in [0.15, 0.2) is 0 Å². The molecule has 5 nitrogen and oxygen atoms in total. The van der Waals surface area contributed by atoms with Gasteiger partial charge in [-0.1, -0.05) is 25.0 Å². The molecule has 1 aromatic rings. The monoisotopic (exact) mass is 317 g/mol. The number of urea groups is 1. The summed E-state index contributed by atoms with van der Waals surface area (Å²) in [6.45, 7) is 4.50. The van der Waals surface area contributed by atoms with Crippen LogP contribution in [0.1, 0.15) is 32.6 Å². The molecule has 1 aliphatic carbocycles. The number of hydrogen-bond donors (Lipinski definition) is 1. The predicted molar refractivity (Wildman–Crippen MR) is 92.2 cm³/mol. The molecule has 0 bridgehead atoms. The summed E-state index contributed by atoms with van der Waals surface area (Å²) >= 11 is 0. The molecule has 2 amide bonds. The second kappa shape index (κ2) is 7.11. The first-order valence-corrected chi connectivity index (χ1v) is 8.69. The molecule has 1 atom stereocenters. The van der Waals surface area contributed by atoms with Gasteiger partial charge in [-0.15, -0.1) is 0 Å². The van der Waals surface area contributed by atoms with Crippen LogP contribution in [-0.4, -0.2) is 49.8 Å². The van der Waals surface area contributed by atoms with Crippen LogP contribution in [-0.2, 0) is 0 Å². The number of nitrogens with zero attached hydrogens (tertiary/aromatic N) is 2. The van der Waals surface area contributed by atoms with Crippen LogP contribution in [0.2, 0.25) is 0 Å². The number of carbonyl (C=O) groups is 1.